The zero-order valence-corrected chi connectivity index (χ0v) is 8.90. The lowest BCUT2D eigenvalue weighted by atomic mass is 10.1. The smallest absolute Gasteiger partial charge is 0.181 e. The number of hydrogen-bond acceptors (Lipinski definition) is 1. The van der Waals surface area contributed by atoms with Crippen LogP contribution in [0, 0.1) is 23.3 Å². The summed E-state index contributed by atoms with van der Waals surface area (Å²) in [7, 11) is 0. The van der Waals surface area contributed by atoms with Crippen LogP contribution in [0.2, 0.25) is 5.02 Å². The van der Waals surface area contributed by atoms with Crippen LogP contribution in [0.25, 0.3) is 11.1 Å². The van der Waals surface area contributed by atoms with Crippen molar-refractivity contribution in [2.24, 2.45) is 0 Å². The van der Waals surface area contributed by atoms with Gasteiger partial charge in [-0.3, -0.25) is 4.98 Å². The van der Waals surface area contributed by atoms with Gasteiger partial charge < -0.3 is 0 Å². The zero-order chi connectivity index (χ0) is 12.6. The minimum atomic E-state index is -1.62. The van der Waals surface area contributed by atoms with Gasteiger partial charge in [0.1, 0.15) is 5.02 Å². The van der Waals surface area contributed by atoms with Crippen molar-refractivity contribution in [3.05, 3.63) is 52.8 Å². The summed E-state index contributed by atoms with van der Waals surface area (Å²) in [5.74, 6) is -6.32. The van der Waals surface area contributed by atoms with E-state index < -0.39 is 33.9 Å². The minimum Gasteiger partial charge on any atom is -0.264 e. The van der Waals surface area contributed by atoms with Crippen molar-refractivity contribution >= 4 is 11.6 Å². The van der Waals surface area contributed by atoms with Crippen LogP contribution in [0.5, 0.6) is 0 Å². The molecule has 0 saturated carbocycles. The number of aromatic nitrogens is 1. The van der Waals surface area contributed by atoms with Crippen molar-refractivity contribution in [1.82, 2.24) is 4.98 Å². The Hall–Kier alpha value is -1.62. The third-order valence-electron chi connectivity index (χ3n) is 2.16. The zero-order valence-electron chi connectivity index (χ0n) is 8.15. The van der Waals surface area contributed by atoms with Gasteiger partial charge in [0.05, 0.1) is 5.56 Å². The van der Waals surface area contributed by atoms with Crippen LogP contribution < -0.4 is 0 Å². The van der Waals surface area contributed by atoms with E-state index >= 15 is 0 Å². The Balaban J connectivity index is 2.80. The van der Waals surface area contributed by atoms with Crippen molar-refractivity contribution in [3.63, 3.8) is 0 Å². The highest BCUT2D eigenvalue weighted by Crippen LogP contribution is 2.33. The maximum atomic E-state index is 13.5. The van der Waals surface area contributed by atoms with Gasteiger partial charge in [-0.25, -0.2) is 17.6 Å². The van der Waals surface area contributed by atoms with E-state index in [9.17, 15) is 17.6 Å². The molecular weight excluding hydrogens is 258 g/mol. The second kappa shape index (κ2) is 4.33. The lowest BCUT2D eigenvalue weighted by molar-refractivity contribution is 0.459. The number of benzene rings is 1. The molecule has 1 heterocycles. The topological polar surface area (TPSA) is 12.9 Å². The molecule has 0 radical (unpaired) electrons. The molecule has 1 nitrogen and oxygen atoms in total. The number of hydrogen-bond donors (Lipinski definition) is 0. The van der Waals surface area contributed by atoms with Crippen LogP contribution in [-0.2, 0) is 0 Å². The molecule has 0 bridgehead atoms. The van der Waals surface area contributed by atoms with Gasteiger partial charge in [0.25, 0.3) is 0 Å². The van der Waals surface area contributed by atoms with Crippen LogP contribution in [0.3, 0.4) is 0 Å². The van der Waals surface area contributed by atoms with Crippen molar-refractivity contribution < 1.29 is 17.6 Å². The van der Waals surface area contributed by atoms with Crippen LogP contribution in [0.15, 0.2) is 24.5 Å². The molecule has 0 amide bonds. The fourth-order valence-corrected chi connectivity index (χ4v) is 1.53. The Morgan fingerprint density at radius 3 is 2.00 bits per heavy atom. The monoisotopic (exact) mass is 261 g/mol. The van der Waals surface area contributed by atoms with Crippen LogP contribution in [0.4, 0.5) is 17.6 Å². The minimum absolute atomic E-state index is 0.0723. The Kier molecular flexibility index (Phi) is 3.02. The van der Waals surface area contributed by atoms with Gasteiger partial charge >= 0.3 is 0 Å². The summed E-state index contributed by atoms with van der Waals surface area (Å²) in [6, 6.07) is 2.67. The maximum absolute atomic E-state index is 13.5. The molecule has 0 atom stereocenters. The predicted octanol–water partition coefficient (Wildman–Crippen LogP) is 3.96. The molecular formula is C11H4ClF4N. The average Bonchev–Trinajstić information content (AvgIpc) is 2.36. The molecule has 0 fully saturated rings. The first-order chi connectivity index (χ1) is 8.04. The summed E-state index contributed by atoms with van der Waals surface area (Å²) >= 11 is 5.10. The molecule has 1 aromatic carbocycles. The highest BCUT2D eigenvalue weighted by atomic mass is 35.5. The molecule has 1 aromatic heterocycles. The predicted molar refractivity (Wildman–Crippen MR) is 54.5 cm³/mol. The Labute approximate surface area is 98.7 Å². The fourth-order valence-electron chi connectivity index (χ4n) is 1.37. The van der Waals surface area contributed by atoms with E-state index in [1.54, 1.807) is 0 Å². The van der Waals surface area contributed by atoms with Gasteiger partial charge in [0.2, 0.25) is 0 Å². The average molecular weight is 262 g/mol. The molecule has 88 valence electrons. The second-order valence-corrected chi connectivity index (χ2v) is 3.56. The van der Waals surface area contributed by atoms with Gasteiger partial charge in [0, 0.05) is 18.0 Å². The number of pyridine rings is 1. The lowest BCUT2D eigenvalue weighted by Gasteiger charge is -2.08. The van der Waals surface area contributed by atoms with Crippen molar-refractivity contribution in [1.29, 1.82) is 0 Å². The van der Waals surface area contributed by atoms with Crippen LogP contribution in [-0.4, -0.2) is 4.98 Å². The molecule has 0 aliphatic heterocycles. The van der Waals surface area contributed by atoms with E-state index in [-0.39, 0.29) is 5.56 Å². The first kappa shape index (κ1) is 11.9. The van der Waals surface area contributed by atoms with Gasteiger partial charge in [0.15, 0.2) is 23.3 Å². The number of halogens is 5. The molecule has 0 unspecified atom stereocenters. The van der Waals surface area contributed by atoms with E-state index in [1.165, 1.54) is 18.3 Å². The van der Waals surface area contributed by atoms with E-state index in [2.05, 4.69) is 4.98 Å². The first-order valence-corrected chi connectivity index (χ1v) is 4.83. The molecule has 0 N–H and O–H groups in total. The van der Waals surface area contributed by atoms with Gasteiger partial charge in [-0.2, -0.15) is 0 Å². The quantitative estimate of drug-likeness (QED) is 0.430. The van der Waals surface area contributed by atoms with Crippen LogP contribution in [0.1, 0.15) is 0 Å². The molecule has 6 heteroatoms. The van der Waals surface area contributed by atoms with E-state index in [0.29, 0.717) is 0 Å². The highest BCUT2D eigenvalue weighted by molar-refractivity contribution is 6.31. The summed E-state index contributed by atoms with van der Waals surface area (Å²) in [6.45, 7) is 0. The van der Waals surface area contributed by atoms with Gasteiger partial charge in [-0.15, -0.1) is 0 Å². The molecule has 0 aliphatic rings. The molecule has 2 rings (SSSR count). The summed E-state index contributed by atoms with van der Waals surface area (Å²) in [4.78, 5) is 3.61. The van der Waals surface area contributed by atoms with Crippen molar-refractivity contribution in [3.8, 4) is 11.1 Å². The third-order valence-corrected chi connectivity index (χ3v) is 2.49. The summed E-state index contributed by atoms with van der Waals surface area (Å²) < 4.78 is 53.4. The molecule has 0 spiro atoms. The first-order valence-electron chi connectivity index (χ1n) is 4.46. The Morgan fingerprint density at radius 1 is 0.941 bits per heavy atom. The van der Waals surface area contributed by atoms with Gasteiger partial charge in [-0.05, 0) is 6.07 Å². The largest absolute Gasteiger partial charge is 0.264 e. The number of rotatable bonds is 1. The second-order valence-electron chi connectivity index (χ2n) is 3.19. The highest BCUT2D eigenvalue weighted by Gasteiger charge is 2.25. The summed E-state index contributed by atoms with van der Waals surface area (Å²) in [6.07, 6.45) is 2.45. The molecule has 0 aliphatic carbocycles. The normalized spacial score (nSPS) is 10.6. The number of nitrogens with zero attached hydrogens (tertiary/aromatic N) is 1. The van der Waals surface area contributed by atoms with E-state index in [0.717, 1.165) is 6.20 Å². The SMILES string of the molecule is Fc1c(F)c(-c2cccnc2)c(F)c(F)c1Cl. The summed E-state index contributed by atoms with van der Waals surface area (Å²) in [5.41, 5.74) is -0.894. The Bertz CT molecular complexity index is 542. The third kappa shape index (κ3) is 1.86. The lowest BCUT2D eigenvalue weighted by Crippen LogP contribution is -2.00. The fraction of sp³-hybridized carbons (Fsp3) is 0. The Morgan fingerprint density at radius 2 is 1.53 bits per heavy atom. The summed E-state index contributed by atoms with van der Waals surface area (Å²) in [5, 5.41) is -1.20. The van der Waals surface area contributed by atoms with E-state index in [4.69, 9.17) is 11.6 Å². The van der Waals surface area contributed by atoms with Gasteiger partial charge in [-0.1, -0.05) is 17.7 Å². The standard InChI is InChI=1S/C11H4ClF4N/c12-7-10(15)8(13)6(9(14)11(7)16)5-2-1-3-17-4-5/h1-4H. The van der Waals surface area contributed by atoms with Crippen LogP contribution >= 0.6 is 11.6 Å². The maximum Gasteiger partial charge on any atom is 0.181 e. The molecule has 17 heavy (non-hydrogen) atoms. The molecule has 2 aromatic rings. The van der Waals surface area contributed by atoms with E-state index in [1.807, 2.05) is 0 Å². The van der Waals surface area contributed by atoms with Crippen molar-refractivity contribution in [2.75, 3.05) is 0 Å². The van der Waals surface area contributed by atoms with Crippen molar-refractivity contribution in [2.45, 2.75) is 0 Å². The molecule has 0 saturated heterocycles.